The number of ketones is 1. The normalized spacial score (nSPS) is 11.0. The zero-order valence-corrected chi connectivity index (χ0v) is 16.0. The quantitative estimate of drug-likeness (QED) is 0.271. The second kappa shape index (κ2) is 7.64. The molecule has 0 amide bonds. The largest absolute Gasteiger partial charge is 0.293 e. The Kier molecular flexibility index (Phi) is 5.07. The summed E-state index contributed by atoms with van der Waals surface area (Å²) in [6.07, 6.45) is 1.43. The standard InChI is InChI=1S/C18H11Cl2N5OS/c19-12-6-4-11(5-7-12)15(26)9-27-18-16-17(21-10-22-18)25(24-23-16)14-3-1-2-13(20)8-14/h1-8,10H,9H2. The second-order valence-corrected chi connectivity index (χ2v) is 7.39. The number of hydrogen-bond acceptors (Lipinski definition) is 6. The summed E-state index contributed by atoms with van der Waals surface area (Å²) in [6.45, 7) is 0. The number of aromatic nitrogens is 5. The molecule has 0 aliphatic rings. The fourth-order valence-corrected chi connectivity index (χ4v) is 3.60. The third kappa shape index (κ3) is 3.80. The molecule has 2 heterocycles. The first kappa shape index (κ1) is 17.9. The van der Waals surface area contributed by atoms with E-state index in [1.54, 1.807) is 41.1 Å². The number of rotatable bonds is 5. The van der Waals surface area contributed by atoms with Crippen LogP contribution in [-0.4, -0.2) is 36.5 Å². The lowest BCUT2D eigenvalue weighted by Crippen LogP contribution is -2.03. The van der Waals surface area contributed by atoms with Crippen LogP contribution < -0.4 is 0 Å². The van der Waals surface area contributed by atoms with Crippen LogP contribution in [0, 0.1) is 0 Å². The summed E-state index contributed by atoms with van der Waals surface area (Å²) in [6, 6.07) is 14.0. The monoisotopic (exact) mass is 415 g/mol. The number of fused-ring (bicyclic) bond motifs is 1. The molecule has 2 aromatic heterocycles. The van der Waals surface area contributed by atoms with E-state index in [1.807, 2.05) is 12.1 Å². The first-order valence-electron chi connectivity index (χ1n) is 7.86. The average Bonchev–Trinajstić information content (AvgIpc) is 3.11. The number of nitrogens with zero attached hydrogens (tertiary/aromatic N) is 5. The molecule has 0 radical (unpaired) electrons. The predicted octanol–water partition coefficient (Wildman–Crippen LogP) is 4.49. The third-order valence-electron chi connectivity index (χ3n) is 3.76. The van der Waals surface area contributed by atoms with Gasteiger partial charge in [-0.15, -0.1) is 5.10 Å². The van der Waals surface area contributed by atoms with Crippen LogP contribution in [0.1, 0.15) is 10.4 Å². The van der Waals surface area contributed by atoms with Crippen molar-refractivity contribution in [2.75, 3.05) is 5.75 Å². The van der Waals surface area contributed by atoms with Crippen molar-refractivity contribution in [3.05, 3.63) is 70.5 Å². The van der Waals surface area contributed by atoms with Gasteiger partial charge in [-0.05, 0) is 42.5 Å². The first-order chi connectivity index (χ1) is 13.1. The van der Waals surface area contributed by atoms with Gasteiger partial charge in [-0.25, -0.2) is 9.97 Å². The van der Waals surface area contributed by atoms with E-state index in [1.165, 1.54) is 18.1 Å². The highest BCUT2D eigenvalue weighted by Crippen LogP contribution is 2.25. The number of carbonyl (C=O) groups is 1. The van der Waals surface area contributed by atoms with E-state index in [0.29, 0.717) is 31.8 Å². The van der Waals surface area contributed by atoms with Crippen LogP contribution in [0.5, 0.6) is 0 Å². The Bertz CT molecular complexity index is 1130. The molecule has 0 N–H and O–H groups in total. The molecule has 6 nitrogen and oxygen atoms in total. The fraction of sp³-hybridized carbons (Fsp3) is 0.0556. The summed E-state index contributed by atoms with van der Waals surface area (Å²) in [5.41, 5.74) is 2.43. The van der Waals surface area contributed by atoms with Crippen LogP contribution in [0.2, 0.25) is 10.0 Å². The van der Waals surface area contributed by atoms with Crippen LogP contribution in [0.3, 0.4) is 0 Å². The number of thioether (sulfide) groups is 1. The molecule has 2 aromatic carbocycles. The number of Topliss-reactive ketones (excluding diaryl/α,β-unsaturated/α-hetero) is 1. The van der Waals surface area contributed by atoms with E-state index in [4.69, 9.17) is 23.2 Å². The molecule has 27 heavy (non-hydrogen) atoms. The smallest absolute Gasteiger partial charge is 0.187 e. The Morgan fingerprint density at radius 1 is 1.04 bits per heavy atom. The van der Waals surface area contributed by atoms with Crippen molar-refractivity contribution in [2.24, 2.45) is 0 Å². The summed E-state index contributed by atoms with van der Waals surface area (Å²) in [5, 5.41) is 10.1. The summed E-state index contributed by atoms with van der Waals surface area (Å²) in [4.78, 5) is 20.9. The Balaban J connectivity index is 1.60. The number of halogens is 2. The number of benzene rings is 2. The third-order valence-corrected chi connectivity index (χ3v) is 5.23. The first-order valence-corrected chi connectivity index (χ1v) is 9.60. The van der Waals surface area contributed by atoms with E-state index in [-0.39, 0.29) is 11.5 Å². The topological polar surface area (TPSA) is 73.6 Å². The van der Waals surface area contributed by atoms with Crippen molar-refractivity contribution in [3.8, 4) is 5.69 Å². The van der Waals surface area contributed by atoms with Gasteiger partial charge in [0.15, 0.2) is 16.9 Å². The van der Waals surface area contributed by atoms with E-state index in [9.17, 15) is 4.79 Å². The van der Waals surface area contributed by atoms with Crippen molar-refractivity contribution >= 4 is 51.9 Å². The van der Waals surface area contributed by atoms with Gasteiger partial charge in [0.05, 0.1) is 11.4 Å². The van der Waals surface area contributed by atoms with E-state index >= 15 is 0 Å². The maximum absolute atomic E-state index is 12.4. The molecule has 0 aliphatic heterocycles. The van der Waals surface area contributed by atoms with Crippen molar-refractivity contribution in [2.45, 2.75) is 5.03 Å². The molecular weight excluding hydrogens is 405 g/mol. The van der Waals surface area contributed by atoms with Crippen molar-refractivity contribution in [1.82, 2.24) is 25.0 Å². The van der Waals surface area contributed by atoms with Crippen LogP contribution in [-0.2, 0) is 0 Å². The zero-order valence-electron chi connectivity index (χ0n) is 13.7. The molecular formula is C18H11Cl2N5OS. The minimum Gasteiger partial charge on any atom is -0.293 e. The van der Waals surface area contributed by atoms with Crippen molar-refractivity contribution in [1.29, 1.82) is 0 Å². The molecule has 0 atom stereocenters. The molecule has 0 bridgehead atoms. The van der Waals surface area contributed by atoms with Gasteiger partial charge < -0.3 is 0 Å². The van der Waals surface area contributed by atoms with Crippen molar-refractivity contribution < 1.29 is 4.79 Å². The minimum atomic E-state index is -0.0225. The molecule has 4 aromatic rings. The van der Waals surface area contributed by atoms with Gasteiger partial charge in [-0.2, -0.15) is 4.68 Å². The Hall–Kier alpha value is -2.48. The van der Waals surface area contributed by atoms with E-state index < -0.39 is 0 Å². The van der Waals surface area contributed by atoms with E-state index in [2.05, 4.69) is 20.3 Å². The van der Waals surface area contributed by atoms with Gasteiger partial charge in [0.1, 0.15) is 11.4 Å². The highest BCUT2D eigenvalue weighted by molar-refractivity contribution is 8.00. The molecule has 0 spiro atoms. The Morgan fingerprint density at radius 2 is 1.85 bits per heavy atom. The molecule has 0 saturated heterocycles. The molecule has 4 rings (SSSR count). The molecule has 9 heteroatoms. The van der Waals surface area contributed by atoms with Gasteiger partial charge in [-0.3, -0.25) is 4.79 Å². The SMILES string of the molecule is O=C(CSc1ncnc2c1nnn2-c1cccc(Cl)c1)c1ccc(Cl)cc1. The van der Waals surface area contributed by atoms with Gasteiger partial charge in [-0.1, -0.05) is 46.2 Å². The summed E-state index contributed by atoms with van der Waals surface area (Å²) < 4.78 is 1.59. The molecule has 0 saturated carbocycles. The zero-order chi connectivity index (χ0) is 18.8. The average molecular weight is 416 g/mol. The lowest BCUT2D eigenvalue weighted by Gasteiger charge is -2.03. The molecule has 134 valence electrons. The van der Waals surface area contributed by atoms with Crippen LogP contribution in [0.25, 0.3) is 16.9 Å². The molecule has 0 fully saturated rings. The van der Waals surface area contributed by atoms with E-state index in [0.717, 1.165) is 5.69 Å². The lowest BCUT2D eigenvalue weighted by molar-refractivity contribution is 0.102. The van der Waals surface area contributed by atoms with Gasteiger partial charge in [0.2, 0.25) is 0 Å². The van der Waals surface area contributed by atoms with Crippen LogP contribution in [0.15, 0.2) is 59.9 Å². The second-order valence-electron chi connectivity index (χ2n) is 5.55. The minimum absolute atomic E-state index is 0.0225. The van der Waals surface area contributed by atoms with Gasteiger partial charge >= 0.3 is 0 Å². The maximum Gasteiger partial charge on any atom is 0.187 e. The Morgan fingerprint density at radius 3 is 2.63 bits per heavy atom. The highest BCUT2D eigenvalue weighted by atomic mass is 35.5. The summed E-state index contributed by atoms with van der Waals surface area (Å²) in [5.74, 6) is 0.197. The van der Waals surface area contributed by atoms with Gasteiger partial charge in [0.25, 0.3) is 0 Å². The van der Waals surface area contributed by atoms with Gasteiger partial charge in [0, 0.05) is 15.6 Å². The maximum atomic E-state index is 12.4. The van der Waals surface area contributed by atoms with Crippen LogP contribution in [0.4, 0.5) is 0 Å². The predicted molar refractivity (Wildman–Crippen MR) is 106 cm³/mol. The number of hydrogen-bond donors (Lipinski definition) is 0. The Labute approximate surface area is 168 Å². The van der Waals surface area contributed by atoms with Crippen molar-refractivity contribution in [3.63, 3.8) is 0 Å². The lowest BCUT2D eigenvalue weighted by atomic mass is 10.1. The van der Waals surface area contributed by atoms with Crippen LogP contribution >= 0.6 is 35.0 Å². The molecule has 0 unspecified atom stereocenters. The highest BCUT2D eigenvalue weighted by Gasteiger charge is 2.15. The molecule has 0 aliphatic carbocycles. The number of carbonyl (C=O) groups excluding carboxylic acids is 1. The summed E-state index contributed by atoms with van der Waals surface area (Å²) in [7, 11) is 0. The summed E-state index contributed by atoms with van der Waals surface area (Å²) >= 11 is 13.2. The fourth-order valence-electron chi connectivity index (χ4n) is 2.47.